The minimum absolute atomic E-state index is 0.123. The van der Waals surface area contributed by atoms with Gasteiger partial charge in [0.1, 0.15) is 5.75 Å². The minimum Gasteiger partial charge on any atom is -0.482 e. The van der Waals surface area contributed by atoms with Crippen molar-refractivity contribution in [1.82, 2.24) is 4.98 Å². The number of alkyl halides is 3. The molecule has 0 aliphatic heterocycles. The zero-order chi connectivity index (χ0) is 20.3. The number of carbonyl (C=O) groups excluding carboxylic acids is 2. The van der Waals surface area contributed by atoms with Crippen molar-refractivity contribution in [3.8, 4) is 5.75 Å². The van der Waals surface area contributed by atoms with Gasteiger partial charge in [-0.25, -0.2) is 4.79 Å². The largest absolute Gasteiger partial charge is 0.482 e. The first-order valence-corrected chi connectivity index (χ1v) is 8.35. The van der Waals surface area contributed by atoms with Crippen LogP contribution in [0.4, 0.5) is 13.2 Å². The van der Waals surface area contributed by atoms with Crippen LogP contribution in [0.1, 0.15) is 22.8 Å². The molecule has 5 nitrogen and oxygen atoms in total. The molecule has 0 saturated heterocycles. The number of ether oxygens (including phenoxy) is 2. The smallest absolute Gasteiger partial charge is 0.416 e. The van der Waals surface area contributed by atoms with Gasteiger partial charge < -0.3 is 14.5 Å². The highest BCUT2D eigenvalue weighted by atomic mass is 19.4. The molecule has 0 fully saturated rings. The third-order valence-corrected chi connectivity index (χ3v) is 4.05. The van der Waals surface area contributed by atoms with Crippen molar-refractivity contribution in [3.05, 3.63) is 65.9 Å². The number of H-pyrrole nitrogens is 1. The molecule has 0 aliphatic carbocycles. The SMILES string of the molecule is C[C@@H](OC(=O)COc1cccc(C(F)(F)F)c1)C(=O)c1c[nH]c2ccccc12. The van der Waals surface area contributed by atoms with Gasteiger partial charge in [0.2, 0.25) is 5.78 Å². The van der Waals surface area contributed by atoms with Gasteiger partial charge in [0.05, 0.1) is 5.56 Å². The van der Waals surface area contributed by atoms with E-state index in [9.17, 15) is 22.8 Å². The molecular weight excluding hydrogens is 375 g/mol. The summed E-state index contributed by atoms with van der Waals surface area (Å²) < 4.78 is 48.2. The number of halogens is 3. The van der Waals surface area contributed by atoms with E-state index in [0.717, 1.165) is 17.6 Å². The lowest BCUT2D eigenvalue weighted by atomic mass is 10.1. The molecule has 1 atom stereocenters. The summed E-state index contributed by atoms with van der Waals surface area (Å²) in [5, 5.41) is 0.704. The first-order valence-electron chi connectivity index (χ1n) is 8.35. The fraction of sp³-hybridized carbons (Fsp3) is 0.200. The highest BCUT2D eigenvalue weighted by Crippen LogP contribution is 2.31. The van der Waals surface area contributed by atoms with Crippen molar-refractivity contribution in [2.75, 3.05) is 6.61 Å². The van der Waals surface area contributed by atoms with Gasteiger partial charge in [0, 0.05) is 22.7 Å². The second-order valence-electron chi connectivity index (χ2n) is 6.06. The summed E-state index contributed by atoms with van der Waals surface area (Å²) >= 11 is 0. The minimum atomic E-state index is -4.51. The van der Waals surface area contributed by atoms with E-state index >= 15 is 0 Å². The molecule has 0 unspecified atom stereocenters. The molecule has 0 bridgehead atoms. The van der Waals surface area contributed by atoms with Crippen molar-refractivity contribution in [2.24, 2.45) is 0 Å². The van der Waals surface area contributed by atoms with Gasteiger partial charge in [0.15, 0.2) is 12.7 Å². The summed E-state index contributed by atoms with van der Waals surface area (Å²) in [7, 11) is 0. The van der Waals surface area contributed by atoms with Crippen LogP contribution in [0.5, 0.6) is 5.75 Å². The van der Waals surface area contributed by atoms with Gasteiger partial charge in [-0.1, -0.05) is 24.3 Å². The Morgan fingerprint density at radius 1 is 1.11 bits per heavy atom. The van der Waals surface area contributed by atoms with Crippen LogP contribution in [0.2, 0.25) is 0 Å². The predicted octanol–water partition coefficient (Wildman–Crippen LogP) is 4.38. The molecule has 2 aromatic carbocycles. The van der Waals surface area contributed by atoms with Crippen LogP contribution < -0.4 is 4.74 Å². The number of para-hydroxylation sites is 1. The van der Waals surface area contributed by atoms with Crippen LogP contribution in [-0.2, 0) is 15.7 Å². The van der Waals surface area contributed by atoms with Crippen LogP contribution in [0.25, 0.3) is 10.9 Å². The monoisotopic (exact) mass is 391 g/mol. The highest BCUT2D eigenvalue weighted by Gasteiger charge is 2.30. The van der Waals surface area contributed by atoms with E-state index in [1.165, 1.54) is 25.3 Å². The summed E-state index contributed by atoms with van der Waals surface area (Å²) in [6.45, 7) is 0.805. The number of rotatable bonds is 6. The molecule has 0 aliphatic rings. The number of aromatic nitrogens is 1. The lowest BCUT2D eigenvalue weighted by molar-refractivity contribution is -0.148. The zero-order valence-corrected chi connectivity index (χ0v) is 14.7. The van der Waals surface area contributed by atoms with Crippen LogP contribution in [-0.4, -0.2) is 29.4 Å². The molecule has 146 valence electrons. The van der Waals surface area contributed by atoms with E-state index in [0.29, 0.717) is 10.9 Å². The van der Waals surface area contributed by atoms with E-state index < -0.39 is 36.2 Å². The number of carbonyl (C=O) groups is 2. The fourth-order valence-corrected chi connectivity index (χ4v) is 2.68. The Bertz CT molecular complexity index is 1010. The second-order valence-corrected chi connectivity index (χ2v) is 6.06. The van der Waals surface area contributed by atoms with E-state index in [4.69, 9.17) is 9.47 Å². The Hall–Kier alpha value is -3.29. The molecule has 0 radical (unpaired) electrons. The third-order valence-electron chi connectivity index (χ3n) is 4.05. The summed E-state index contributed by atoms with van der Waals surface area (Å²) in [5.41, 5.74) is 0.271. The number of aromatic amines is 1. The summed E-state index contributed by atoms with van der Waals surface area (Å²) in [5.74, 6) is -1.38. The van der Waals surface area contributed by atoms with Crippen molar-refractivity contribution >= 4 is 22.7 Å². The first-order chi connectivity index (χ1) is 13.3. The molecule has 8 heteroatoms. The van der Waals surface area contributed by atoms with Gasteiger partial charge in [-0.15, -0.1) is 0 Å². The van der Waals surface area contributed by atoms with E-state index in [1.54, 1.807) is 12.1 Å². The maximum absolute atomic E-state index is 12.7. The molecule has 0 amide bonds. The summed E-state index contributed by atoms with van der Waals surface area (Å²) in [6.07, 6.45) is -4.05. The predicted molar refractivity (Wildman–Crippen MR) is 95.1 cm³/mol. The van der Waals surface area contributed by atoms with Gasteiger partial charge in [0.25, 0.3) is 0 Å². The molecule has 1 heterocycles. The quantitative estimate of drug-likeness (QED) is 0.500. The summed E-state index contributed by atoms with van der Waals surface area (Å²) in [4.78, 5) is 27.4. The number of ketones is 1. The second kappa shape index (κ2) is 7.75. The van der Waals surface area contributed by atoms with Crippen LogP contribution in [0.3, 0.4) is 0 Å². The number of esters is 1. The van der Waals surface area contributed by atoms with Gasteiger partial charge in [-0.3, -0.25) is 4.79 Å². The number of hydrogen-bond acceptors (Lipinski definition) is 4. The fourth-order valence-electron chi connectivity index (χ4n) is 2.68. The Balaban J connectivity index is 1.59. The lowest BCUT2D eigenvalue weighted by Crippen LogP contribution is -2.27. The van der Waals surface area contributed by atoms with Crippen molar-refractivity contribution in [2.45, 2.75) is 19.2 Å². The van der Waals surface area contributed by atoms with Crippen LogP contribution in [0.15, 0.2) is 54.7 Å². The molecular formula is C20H16F3NO4. The van der Waals surface area contributed by atoms with E-state index in [1.807, 2.05) is 12.1 Å². The number of nitrogens with one attached hydrogen (secondary N) is 1. The highest BCUT2D eigenvalue weighted by molar-refractivity contribution is 6.10. The number of benzene rings is 2. The third kappa shape index (κ3) is 4.33. The van der Waals surface area contributed by atoms with Gasteiger partial charge >= 0.3 is 12.1 Å². The van der Waals surface area contributed by atoms with Crippen molar-refractivity contribution < 1.29 is 32.2 Å². The topological polar surface area (TPSA) is 68.4 Å². The van der Waals surface area contributed by atoms with Gasteiger partial charge in [-0.05, 0) is 31.2 Å². The maximum Gasteiger partial charge on any atom is 0.416 e. The molecule has 1 aromatic heterocycles. The number of Topliss-reactive ketones (excluding diaryl/α,β-unsaturated/α-hetero) is 1. The van der Waals surface area contributed by atoms with Crippen molar-refractivity contribution in [1.29, 1.82) is 0 Å². The number of fused-ring (bicyclic) bond motifs is 1. The molecule has 0 saturated carbocycles. The zero-order valence-electron chi connectivity index (χ0n) is 14.7. The lowest BCUT2D eigenvalue weighted by Gasteiger charge is -2.13. The molecule has 0 spiro atoms. The Labute approximate surface area is 158 Å². The number of hydrogen-bond donors (Lipinski definition) is 1. The maximum atomic E-state index is 12.7. The Kier molecular flexibility index (Phi) is 5.39. The van der Waals surface area contributed by atoms with Gasteiger partial charge in [-0.2, -0.15) is 13.2 Å². The summed E-state index contributed by atoms with van der Waals surface area (Å²) in [6, 6.07) is 11.3. The average Bonchev–Trinajstić information content (AvgIpc) is 3.09. The standard InChI is InChI=1S/C20H16F3NO4/c1-12(19(26)16-10-24-17-8-3-2-7-15(16)17)28-18(25)11-27-14-6-4-5-13(9-14)20(21,22)23/h2-10,12,24H,11H2,1H3/t12-/m1/s1. The van der Waals surface area contributed by atoms with Crippen LogP contribution in [0, 0.1) is 0 Å². The normalized spacial score (nSPS) is 12.6. The first kappa shape index (κ1) is 19.5. The van der Waals surface area contributed by atoms with E-state index in [2.05, 4.69) is 4.98 Å². The molecule has 1 N–H and O–H groups in total. The Morgan fingerprint density at radius 2 is 1.86 bits per heavy atom. The average molecular weight is 391 g/mol. The molecule has 3 rings (SSSR count). The molecule has 28 heavy (non-hydrogen) atoms. The molecule has 3 aromatic rings. The van der Waals surface area contributed by atoms with Crippen LogP contribution >= 0.6 is 0 Å². The Morgan fingerprint density at radius 3 is 2.61 bits per heavy atom. The van der Waals surface area contributed by atoms with Crippen molar-refractivity contribution in [3.63, 3.8) is 0 Å². The van der Waals surface area contributed by atoms with E-state index in [-0.39, 0.29) is 5.75 Å².